The maximum Gasteiger partial charge on any atom is 0.339 e. The highest BCUT2D eigenvalue weighted by Gasteiger charge is 2.23. The van der Waals surface area contributed by atoms with E-state index in [4.69, 9.17) is 4.74 Å². The molecule has 0 aliphatic heterocycles. The van der Waals surface area contributed by atoms with E-state index in [0.29, 0.717) is 17.8 Å². The van der Waals surface area contributed by atoms with Gasteiger partial charge in [0.15, 0.2) is 6.10 Å². The number of carbonyl (C=O) groups is 3. The van der Waals surface area contributed by atoms with Crippen LogP contribution in [0, 0.1) is 13.8 Å². The SMILES string of the molecule is CCNC(=O)NC(=O)C(C)OC(=O)c1cc(S(=O)(=O)Nc2cccc(C)c2)ccc1C. The Morgan fingerprint density at radius 1 is 1.06 bits per heavy atom. The molecule has 2 rings (SSSR count). The number of rotatable bonds is 7. The van der Waals surface area contributed by atoms with Gasteiger partial charge in [0.1, 0.15) is 0 Å². The molecule has 0 aromatic heterocycles. The smallest absolute Gasteiger partial charge is 0.339 e. The number of hydrogen-bond donors (Lipinski definition) is 3. The Balaban J connectivity index is 2.18. The molecule has 10 heteroatoms. The minimum absolute atomic E-state index is 0.00947. The summed E-state index contributed by atoms with van der Waals surface area (Å²) in [6, 6.07) is 10.2. The van der Waals surface area contributed by atoms with Crippen molar-refractivity contribution in [3.8, 4) is 0 Å². The molecule has 0 aliphatic carbocycles. The van der Waals surface area contributed by atoms with Crippen LogP contribution in [0.5, 0.6) is 0 Å². The van der Waals surface area contributed by atoms with Crippen molar-refractivity contribution in [2.24, 2.45) is 0 Å². The zero-order valence-corrected chi connectivity index (χ0v) is 18.5. The van der Waals surface area contributed by atoms with Crippen LogP contribution in [-0.2, 0) is 19.6 Å². The molecule has 166 valence electrons. The fourth-order valence-electron chi connectivity index (χ4n) is 2.61. The molecule has 0 bridgehead atoms. The van der Waals surface area contributed by atoms with Gasteiger partial charge in [-0.15, -0.1) is 0 Å². The predicted octanol–water partition coefficient (Wildman–Crippen LogP) is 2.50. The summed E-state index contributed by atoms with van der Waals surface area (Å²) in [7, 11) is -3.96. The van der Waals surface area contributed by atoms with Crippen molar-refractivity contribution in [3.05, 3.63) is 59.2 Å². The van der Waals surface area contributed by atoms with E-state index in [9.17, 15) is 22.8 Å². The van der Waals surface area contributed by atoms with Crippen LogP contribution in [0.4, 0.5) is 10.5 Å². The highest BCUT2D eigenvalue weighted by Crippen LogP contribution is 2.21. The summed E-state index contributed by atoms with van der Waals surface area (Å²) < 4.78 is 33.1. The lowest BCUT2D eigenvalue weighted by Gasteiger charge is -2.15. The molecular weight excluding hydrogens is 422 g/mol. The van der Waals surface area contributed by atoms with Crippen LogP contribution in [-0.4, -0.2) is 39.0 Å². The van der Waals surface area contributed by atoms with Crippen LogP contribution in [0.1, 0.15) is 35.3 Å². The van der Waals surface area contributed by atoms with Crippen molar-refractivity contribution in [1.29, 1.82) is 0 Å². The van der Waals surface area contributed by atoms with Gasteiger partial charge >= 0.3 is 12.0 Å². The zero-order valence-electron chi connectivity index (χ0n) is 17.7. The molecule has 0 spiro atoms. The summed E-state index contributed by atoms with van der Waals surface area (Å²) >= 11 is 0. The largest absolute Gasteiger partial charge is 0.449 e. The third kappa shape index (κ3) is 6.54. The first-order valence-electron chi connectivity index (χ1n) is 9.53. The summed E-state index contributed by atoms with van der Waals surface area (Å²) in [4.78, 5) is 35.8. The second-order valence-corrected chi connectivity index (χ2v) is 8.53. The lowest BCUT2D eigenvalue weighted by Crippen LogP contribution is -2.44. The molecule has 1 unspecified atom stereocenters. The van der Waals surface area contributed by atoms with Crippen molar-refractivity contribution >= 4 is 33.6 Å². The second-order valence-electron chi connectivity index (χ2n) is 6.85. The van der Waals surface area contributed by atoms with E-state index in [-0.39, 0.29) is 10.5 Å². The Bertz CT molecular complexity index is 1100. The predicted molar refractivity (Wildman–Crippen MR) is 115 cm³/mol. The minimum Gasteiger partial charge on any atom is -0.449 e. The number of esters is 1. The topological polar surface area (TPSA) is 131 Å². The number of carbonyl (C=O) groups excluding carboxylic acids is 3. The number of sulfonamides is 1. The van der Waals surface area contributed by atoms with Crippen LogP contribution in [0.3, 0.4) is 0 Å². The van der Waals surface area contributed by atoms with Gasteiger partial charge in [-0.1, -0.05) is 18.2 Å². The van der Waals surface area contributed by atoms with Gasteiger partial charge in [0.2, 0.25) is 0 Å². The van der Waals surface area contributed by atoms with Crippen molar-refractivity contribution in [2.75, 3.05) is 11.3 Å². The van der Waals surface area contributed by atoms with Crippen LogP contribution in [0.15, 0.2) is 47.4 Å². The monoisotopic (exact) mass is 447 g/mol. The van der Waals surface area contributed by atoms with Crippen LogP contribution in [0.25, 0.3) is 0 Å². The highest BCUT2D eigenvalue weighted by molar-refractivity contribution is 7.92. The van der Waals surface area contributed by atoms with Gasteiger partial charge < -0.3 is 10.1 Å². The number of ether oxygens (including phenoxy) is 1. The van der Waals surface area contributed by atoms with Gasteiger partial charge in [0.05, 0.1) is 10.5 Å². The number of benzene rings is 2. The van der Waals surface area contributed by atoms with Crippen LogP contribution in [0.2, 0.25) is 0 Å². The Hall–Kier alpha value is -3.40. The summed E-state index contributed by atoms with van der Waals surface area (Å²) in [6.45, 7) is 6.76. The van der Waals surface area contributed by atoms with E-state index in [2.05, 4.69) is 10.0 Å². The number of hydrogen-bond acceptors (Lipinski definition) is 6. The van der Waals surface area contributed by atoms with Gasteiger partial charge in [0.25, 0.3) is 15.9 Å². The van der Waals surface area contributed by atoms with E-state index in [0.717, 1.165) is 5.56 Å². The Morgan fingerprint density at radius 2 is 1.77 bits per heavy atom. The van der Waals surface area contributed by atoms with Gasteiger partial charge in [-0.05, 0) is 63.1 Å². The molecule has 1 atom stereocenters. The third-order valence-corrected chi connectivity index (χ3v) is 5.62. The molecule has 2 aromatic carbocycles. The molecule has 0 aliphatic rings. The van der Waals surface area contributed by atoms with Gasteiger partial charge in [0, 0.05) is 12.2 Å². The molecular formula is C21H25N3O6S. The van der Waals surface area contributed by atoms with Crippen molar-refractivity contribution in [1.82, 2.24) is 10.6 Å². The summed E-state index contributed by atoms with van der Waals surface area (Å²) in [5, 5.41) is 4.44. The molecule has 3 N–H and O–H groups in total. The number of nitrogens with one attached hydrogen (secondary N) is 3. The van der Waals surface area contributed by atoms with Crippen molar-refractivity contribution in [3.63, 3.8) is 0 Å². The average Bonchev–Trinajstić information content (AvgIpc) is 2.67. The standard InChI is InChI=1S/C21H25N3O6S/c1-5-22-21(27)23-19(25)15(4)30-20(26)18-12-17(10-9-14(18)3)31(28,29)24-16-8-6-7-13(2)11-16/h6-12,15,24H,5H2,1-4H3,(H2,22,23,25,27). The Kier molecular flexibility index (Phi) is 7.76. The first-order valence-corrected chi connectivity index (χ1v) is 11.0. The fraction of sp³-hybridized carbons (Fsp3) is 0.286. The zero-order chi connectivity index (χ0) is 23.2. The lowest BCUT2D eigenvalue weighted by atomic mass is 10.1. The number of imide groups is 1. The normalized spacial score (nSPS) is 11.9. The van der Waals surface area contributed by atoms with E-state index in [1.54, 1.807) is 32.0 Å². The average molecular weight is 448 g/mol. The molecule has 0 radical (unpaired) electrons. The number of aryl methyl sites for hydroxylation is 2. The fourth-order valence-corrected chi connectivity index (χ4v) is 3.68. The molecule has 0 saturated carbocycles. The molecule has 31 heavy (non-hydrogen) atoms. The number of anilines is 1. The first kappa shape index (κ1) is 23.9. The second kappa shape index (κ2) is 10.1. The minimum atomic E-state index is -3.96. The third-order valence-electron chi connectivity index (χ3n) is 4.24. The van der Waals surface area contributed by atoms with Gasteiger partial charge in [-0.25, -0.2) is 18.0 Å². The van der Waals surface area contributed by atoms with E-state index in [1.807, 2.05) is 18.3 Å². The van der Waals surface area contributed by atoms with Crippen molar-refractivity contribution in [2.45, 2.75) is 38.7 Å². The van der Waals surface area contributed by atoms with Crippen molar-refractivity contribution < 1.29 is 27.5 Å². The molecule has 0 heterocycles. The Labute approximate surface area is 181 Å². The lowest BCUT2D eigenvalue weighted by molar-refractivity contribution is -0.127. The maximum atomic E-state index is 12.7. The number of urea groups is 1. The molecule has 0 saturated heterocycles. The summed E-state index contributed by atoms with van der Waals surface area (Å²) in [5.41, 5.74) is 1.73. The molecule has 0 fully saturated rings. The molecule has 9 nitrogen and oxygen atoms in total. The first-order chi connectivity index (χ1) is 14.5. The van der Waals surface area contributed by atoms with Gasteiger partial charge in [-0.2, -0.15) is 0 Å². The Morgan fingerprint density at radius 3 is 2.42 bits per heavy atom. The summed E-state index contributed by atoms with van der Waals surface area (Å²) in [6.07, 6.45) is -1.26. The van der Waals surface area contributed by atoms with Gasteiger partial charge in [-0.3, -0.25) is 14.8 Å². The van der Waals surface area contributed by atoms with Crippen LogP contribution >= 0.6 is 0 Å². The maximum absolute atomic E-state index is 12.7. The highest BCUT2D eigenvalue weighted by atomic mass is 32.2. The summed E-state index contributed by atoms with van der Waals surface area (Å²) in [5.74, 6) is -1.69. The quantitative estimate of drug-likeness (QED) is 0.559. The molecule has 3 amide bonds. The van der Waals surface area contributed by atoms with E-state index >= 15 is 0 Å². The number of amides is 3. The van der Waals surface area contributed by atoms with E-state index < -0.39 is 34.0 Å². The molecule has 2 aromatic rings. The van der Waals surface area contributed by atoms with E-state index in [1.165, 1.54) is 25.1 Å². The van der Waals surface area contributed by atoms with Crippen LogP contribution < -0.4 is 15.4 Å².